The van der Waals surface area contributed by atoms with E-state index in [1.54, 1.807) is 40.0 Å². The third-order valence-corrected chi connectivity index (χ3v) is 5.55. The van der Waals surface area contributed by atoms with Gasteiger partial charge in [-0.25, -0.2) is 4.79 Å². The standard InChI is InChI=1S/C29H41N3O5/c1-9-19-10-14-21(15-11-19)24(25(34)31-28(2,3)4)32(8)26(35)23(30-27(36)37-29(5,6)7)18-20-12-16-22(33)17-13-20/h10-17,23-24,33H,9,18H2,1-8H3,(H,30,36)(H,31,34). The molecule has 2 aromatic rings. The highest BCUT2D eigenvalue weighted by Gasteiger charge is 2.35. The molecule has 0 aromatic heterocycles. The molecule has 3 N–H and O–H groups in total. The Bertz CT molecular complexity index is 1070. The van der Waals surface area contributed by atoms with Gasteiger partial charge in [-0.2, -0.15) is 0 Å². The number of carbonyl (C=O) groups is 3. The minimum Gasteiger partial charge on any atom is -0.508 e. The molecule has 3 amide bonds. The predicted octanol–water partition coefficient (Wildman–Crippen LogP) is 4.50. The third-order valence-electron chi connectivity index (χ3n) is 5.55. The number of carbonyl (C=O) groups excluding carboxylic acids is 3. The van der Waals surface area contributed by atoms with Crippen molar-refractivity contribution in [3.8, 4) is 5.75 Å². The lowest BCUT2D eigenvalue weighted by Gasteiger charge is -2.33. The van der Waals surface area contributed by atoms with Crippen molar-refractivity contribution in [2.75, 3.05) is 7.05 Å². The minimum atomic E-state index is -1.01. The van der Waals surface area contributed by atoms with Crippen LogP contribution in [-0.4, -0.2) is 52.1 Å². The molecule has 0 radical (unpaired) electrons. The molecular weight excluding hydrogens is 470 g/mol. The molecule has 0 saturated carbocycles. The van der Waals surface area contributed by atoms with Crippen LogP contribution in [0.3, 0.4) is 0 Å². The second-order valence-corrected chi connectivity index (χ2v) is 11.3. The number of hydrogen-bond donors (Lipinski definition) is 3. The maximum atomic E-state index is 13.8. The SMILES string of the molecule is CCc1ccc(C(C(=O)NC(C)(C)C)N(C)C(=O)C(Cc2ccc(O)cc2)NC(=O)OC(C)(C)C)cc1. The van der Waals surface area contributed by atoms with Crippen LogP contribution in [-0.2, 0) is 27.2 Å². The average molecular weight is 512 g/mol. The van der Waals surface area contributed by atoms with Crippen LogP contribution >= 0.6 is 0 Å². The van der Waals surface area contributed by atoms with Gasteiger partial charge in [0.1, 0.15) is 23.4 Å². The highest BCUT2D eigenvalue weighted by Crippen LogP contribution is 2.24. The van der Waals surface area contributed by atoms with E-state index in [0.29, 0.717) is 5.56 Å². The van der Waals surface area contributed by atoms with E-state index in [4.69, 9.17) is 4.74 Å². The Morgan fingerprint density at radius 1 is 0.919 bits per heavy atom. The second-order valence-electron chi connectivity index (χ2n) is 11.3. The highest BCUT2D eigenvalue weighted by molar-refractivity contribution is 5.92. The largest absolute Gasteiger partial charge is 0.508 e. The monoisotopic (exact) mass is 511 g/mol. The summed E-state index contributed by atoms with van der Waals surface area (Å²) in [6.07, 6.45) is 0.258. The number of benzene rings is 2. The Morgan fingerprint density at radius 3 is 1.95 bits per heavy atom. The fourth-order valence-electron chi connectivity index (χ4n) is 3.82. The molecule has 0 saturated heterocycles. The van der Waals surface area contributed by atoms with E-state index in [9.17, 15) is 19.5 Å². The molecule has 2 aromatic carbocycles. The van der Waals surface area contributed by atoms with Gasteiger partial charge in [0.25, 0.3) is 0 Å². The molecule has 0 bridgehead atoms. The van der Waals surface area contributed by atoms with Crippen molar-refractivity contribution in [3.05, 3.63) is 65.2 Å². The summed E-state index contributed by atoms with van der Waals surface area (Å²) < 4.78 is 5.40. The van der Waals surface area contributed by atoms with Crippen molar-refractivity contribution < 1.29 is 24.2 Å². The van der Waals surface area contributed by atoms with Crippen LogP contribution in [0.25, 0.3) is 0 Å². The molecule has 2 unspecified atom stereocenters. The Kier molecular flexibility index (Phi) is 9.73. The second kappa shape index (κ2) is 12.1. The molecule has 2 rings (SSSR count). The summed E-state index contributed by atoms with van der Waals surface area (Å²) in [4.78, 5) is 41.3. The normalized spacial score (nSPS) is 13.3. The third kappa shape index (κ3) is 9.44. The first-order valence-electron chi connectivity index (χ1n) is 12.5. The highest BCUT2D eigenvalue weighted by atomic mass is 16.6. The predicted molar refractivity (Wildman–Crippen MR) is 144 cm³/mol. The summed E-state index contributed by atoms with van der Waals surface area (Å²) in [6, 6.07) is 12.1. The van der Waals surface area contributed by atoms with Gasteiger partial charge in [-0.15, -0.1) is 0 Å². The molecule has 202 valence electrons. The summed E-state index contributed by atoms with van der Waals surface area (Å²) in [6.45, 7) is 12.9. The number of rotatable bonds is 8. The van der Waals surface area contributed by atoms with Crippen molar-refractivity contribution in [1.82, 2.24) is 15.5 Å². The molecule has 0 aliphatic carbocycles. The number of nitrogens with one attached hydrogen (secondary N) is 2. The van der Waals surface area contributed by atoms with Crippen LogP contribution < -0.4 is 10.6 Å². The van der Waals surface area contributed by atoms with Crippen molar-refractivity contribution in [3.63, 3.8) is 0 Å². The fraction of sp³-hybridized carbons (Fsp3) is 0.483. The number of amides is 3. The van der Waals surface area contributed by atoms with E-state index in [1.807, 2.05) is 52.0 Å². The zero-order valence-electron chi connectivity index (χ0n) is 23.2. The maximum absolute atomic E-state index is 13.8. The van der Waals surface area contributed by atoms with Crippen molar-refractivity contribution in [1.29, 1.82) is 0 Å². The zero-order chi connectivity index (χ0) is 28.0. The molecule has 2 atom stereocenters. The van der Waals surface area contributed by atoms with Crippen molar-refractivity contribution in [2.45, 2.75) is 84.5 Å². The summed E-state index contributed by atoms with van der Waals surface area (Å²) in [5.74, 6) is -0.681. The van der Waals surface area contributed by atoms with Crippen molar-refractivity contribution in [2.24, 2.45) is 0 Å². The van der Waals surface area contributed by atoms with Gasteiger partial charge in [0.2, 0.25) is 11.8 Å². The van der Waals surface area contributed by atoms with Gasteiger partial charge in [-0.1, -0.05) is 43.3 Å². The number of aromatic hydroxyl groups is 1. The van der Waals surface area contributed by atoms with E-state index >= 15 is 0 Å². The van der Waals surface area contributed by atoms with E-state index < -0.39 is 35.2 Å². The number of aryl methyl sites for hydroxylation is 1. The Balaban J connectivity index is 2.43. The fourth-order valence-corrected chi connectivity index (χ4v) is 3.82. The molecule has 0 aliphatic heterocycles. The number of alkyl carbamates (subject to hydrolysis) is 1. The van der Waals surface area contributed by atoms with Crippen molar-refractivity contribution >= 4 is 17.9 Å². The quantitative estimate of drug-likeness (QED) is 0.484. The number of nitrogens with zero attached hydrogens (tertiary/aromatic N) is 1. The van der Waals surface area contributed by atoms with Crippen LogP contribution in [0.5, 0.6) is 5.75 Å². The molecular formula is C29H41N3O5. The van der Waals surface area contributed by atoms with Crippen LogP contribution in [0, 0.1) is 0 Å². The lowest BCUT2D eigenvalue weighted by atomic mass is 9.98. The first-order chi connectivity index (χ1) is 17.1. The van der Waals surface area contributed by atoms with E-state index in [-0.39, 0.29) is 18.1 Å². The van der Waals surface area contributed by atoms with Gasteiger partial charge in [-0.3, -0.25) is 9.59 Å². The van der Waals surface area contributed by atoms with Gasteiger partial charge >= 0.3 is 6.09 Å². The average Bonchev–Trinajstić information content (AvgIpc) is 2.77. The minimum absolute atomic E-state index is 0.0956. The number of likely N-dealkylation sites (N-methyl/N-ethyl adjacent to an activating group) is 1. The summed E-state index contributed by atoms with van der Waals surface area (Å²) >= 11 is 0. The van der Waals surface area contributed by atoms with E-state index in [1.165, 1.54) is 17.0 Å². The molecule has 0 spiro atoms. The summed E-state index contributed by atoms with van der Waals surface area (Å²) in [5.41, 5.74) is 1.24. The first-order valence-corrected chi connectivity index (χ1v) is 12.5. The lowest BCUT2D eigenvalue weighted by Crippen LogP contribution is -2.54. The molecule has 0 heterocycles. The van der Waals surface area contributed by atoms with Crippen LogP contribution in [0.15, 0.2) is 48.5 Å². The summed E-state index contributed by atoms with van der Waals surface area (Å²) in [5, 5.41) is 15.3. The molecule has 0 aliphatic rings. The molecule has 8 nitrogen and oxygen atoms in total. The Hall–Kier alpha value is -3.55. The lowest BCUT2D eigenvalue weighted by molar-refractivity contribution is -0.141. The zero-order valence-corrected chi connectivity index (χ0v) is 23.2. The van der Waals surface area contributed by atoms with Crippen LogP contribution in [0.2, 0.25) is 0 Å². The number of hydrogen-bond acceptors (Lipinski definition) is 5. The Morgan fingerprint density at radius 2 is 1.46 bits per heavy atom. The topological polar surface area (TPSA) is 108 Å². The van der Waals surface area contributed by atoms with Gasteiger partial charge in [-0.05, 0) is 76.8 Å². The molecule has 37 heavy (non-hydrogen) atoms. The number of ether oxygens (including phenoxy) is 1. The molecule has 0 fully saturated rings. The smallest absolute Gasteiger partial charge is 0.408 e. The number of phenolic OH excluding ortho intramolecular Hbond substituents is 1. The first kappa shape index (κ1) is 29.7. The van der Waals surface area contributed by atoms with E-state index in [0.717, 1.165) is 17.5 Å². The van der Waals surface area contributed by atoms with Gasteiger partial charge in [0.05, 0.1) is 0 Å². The molecule has 8 heteroatoms. The summed E-state index contributed by atoms with van der Waals surface area (Å²) in [7, 11) is 1.56. The van der Waals surface area contributed by atoms with Gasteiger partial charge < -0.3 is 25.4 Å². The van der Waals surface area contributed by atoms with Gasteiger partial charge in [0.15, 0.2) is 0 Å². The Labute approximate surface area is 220 Å². The van der Waals surface area contributed by atoms with Gasteiger partial charge in [0, 0.05) is 19.0 Å². The van der Waals surface area contributed by atoms with Crippen LogP contribution in [0.1, 0.15) is 71.2 Å². The van der Waals surface area contributed by atoms with Crippen LogP contribution in [0.4, 0.5) is 4.79 Å². The van der Waals surface area contributed by atoms with E-state index in [2.05, 4.69) is 10.6 Å². The number of phenols is 1. The maximum Gasteiger partial charge on any atom is 0.408 e.